The first-order valence-corrected chi connectivity index (χ1v) is 6.30. The third-order valence-electron chi connectivity index (χ3n) is 3.04. The number of pyridine rings is 1. The van der Waals surface area contributed by atoms with Crippen LogP contribution in [-0.4, -0.2) is 4.98 Å². The Morgan fingerprint density at radius 3 is 2.50 bits per heavy atom. The summed E-state index contributed by atoms with van der Waals surface area (Å²) in [6.07, 6.45) is 1.87. The zero-order valence-corrected chi connectivity index (χ0v) is 11.2. The lowest BCUT2D eigenvalue weighted by Gasteiger charge is -2.13. The highest BCUT2D eigenvalue weighted by molar-refractivity contribution is 5.31. The number of hydrogen-bond acceptors (Lipinski definition) is 2. The van der Waals surface area contributed by atoms with Crippen LogP contribution in [0.15, 0.2) is 42.6 Å². The average Bonchev–Trinajstić information content (AvgIpc) is 2.38. The summed E-state index contributed by atoms with van der Waals surface area (Å²) in [6, 6.07) is 11.9. The summed E-state index contributed by atoms with van der Waals surface area (Å²) < 4.78 is 5.78. The second kappa shape index (κ2) is 5.67. The van der Waals surface area contributed by atoms with E-state index in [0.717, 1.165) is 11.4 Å². The molecule has 94 valence electrons. The van der Waals surface area contributed by atoms with E-state index >= 15 is 0 Å². The number of rotatable bonds is 4. The standard InChI is InChI=1S/C16H19NO/c1-12(2)16-13(3)14(9-10-17-16)11-18-15-7-5-4-6-8-15/h4-10,12H,11H2,1-3H3. The third-order valence-corrected chi connectivity index (χ3v) is 3.04. The molecule has 0 amide bonds. The molecule has 0 bridgehead atoms. The van der Waals surface area contributed by atoms with Gasteiger partial charge in [-0.25, -0.2) is 0 Å². The first kappa shape index (κ1) is 12.6. The van der Waals surface area contributed by atoms with E-state index in [1.54, 1.807) is 0 Å². The molecule has 0 unspecified atom stereocenters. The highest BCUT2D eigenvalue weighted by Crippen LogP contribution is 2.20. The van der Waals surface area contributed by atoms with E-state index in [0.29, 0.717) is 12.5 Å². The molecule has 0 atom stereocenters. The SMILES string of the molecule is Cc1c(COc2ccccc2)ccnc1C(C)C. The number of benzene rings is 1. The Bertz CT molecular complexity index is 506. The second-order valence-electron chi connectivity index (χ2n) is 4.74. The zero-order valence-electron chi connectivity index (χ0n) is 11.2. The Morgan fingerprint density at radius 1 is 1.11 bits per heavy atom. The van der Waals surface area contributed by atoms with Gasteiger partial charge in [-0.1, -0.05) is 32.0 Å². The fraction of sp³-hybridized carbons (Fsp3) is 0.312. The summed E-state index contributed by atoms with van der Waals surface area (Å²) in [6.45, 7) is 7.04. The first-order chi connectivity index (χ1) is 8.68. The van der Waals surface area contributed by atoms with Crippen LogP contribution in [0.3, 0.4) is 0 Å². The Kier molecular flexibility index (Phi) is 3.98. The summed E-state index contributed by atoms with van der Waals surface area (Å²) in [5.41, 5.74) is 3.60. The van der Waals surface area contributed by atoms with Crippen LogP contribution in [-0.2, 0) is 6.61 Å². The number of ether oxygens (including phenoxy) is 1. The molecule has 0 aliphatic rings. The molecular weight excluding hydrogens is 222 g/mol. The van der Waals surface area contributed by atoms with Gasteiger partial charge >= 0.3 is 0 Å². The maximum absolute atomic E-state index is 5.78. The van der Waals surface area contributed by atoms with Gasteiger partial charge in [0.2, 0.25) is 0 Å². The summed E-state index contributed by atoms with van der Waals surface area (Å²) in [5.74, 6) is 1.35. The quantitative estimate of drug-likeness (QED) is 0.804. The molecule has 2 heteroatoms. The van der Waals surface area contributed by atoms with Gasteiger partial charge in [0.25, 0.3) is 0 Å². The number of aromatic nitrogens is 1. The van der Waals surface area contributed by atoms with Gasteiger partial charge in [0, 0.05) is 11.9 Å². The van der Waals surface area contributed by atoms with Crippen molar-refractivity contribution >= 4 is 0 Å². The van der Waals surface area contributed by atoms with Crippen molar-refractivity contribution in [2.75, 3.05) is 0 Å². The minimum atomic E-state index is 0.446. The van der Waals surface area contributed by atoms with Crippen molar-refractivity contribution in [2.45, 2.75) is 33.3 Å². The fourth-order valence-electron chi connectivity index (χ4n) is 2.01. The lowest BCUT2D eigenvalue weighted by molar-refractivity contribution is 0.305. The Morgan fingerprint density at radius 2 is 1.83 bits per heavy atom. The molecule has 0 saturated carbocycles. The van der Waals surface area contributed by atoms with Gasteiger partial charge in [-0.2, -0.15) is 0 Å². The van der Waals surface area contributed by atoms with Crippen molar-refractivity contribution in [3.8, 4) is 5.75 Å². The largest absolute Gasteiger partial charge is 0.489 e. The van der Waals surface area contributed by atoms with Crippen molar-refractivity contribution in [2.24, 2.45) is 0 Å². The van der Waals surface area contributed by atoms with Crippen LogP contribution in [0.4, 0.5) is 0 Å². The van der Waals surface area contributed by atoms with Crippen LogP contribution < -0.4 is 4.74 Å². The van der Waals surface area contributed by atoms with E-state index in [1.807, 2.05) is 42.6 Å². The molecule has 2 rings (SSSR count). The van der Waals surface area contributed by atoms with Crippen LogP contribution in [0.2, 0.25) is 0 Å². The van der Waals surface area contributed by atoms with Crippen molar-refractivity contribution in [1.82, 2.24) is 4.98 Å². The van der Waals surface area contributed by atoms with Gasteiger partial charge in [0.05, 0.1) is 0 Å². The van der Waals surface area contributed by atoms with Crippen LogP contribution >= 0.6 is 0 Å². The predicted molar refractivity (Wildman–Crippen MR) is 73.8 cm³/mol. The summed E-state index contributed by atoms with van der Waals surface area (Å²) >= 11 is 0. The molecule has 0 saturated heterocycles. The van der Waals surface area contributed by atoms with Gasteiger partial charge in [-0.15, -0.1) is 0 Å². The Balaban J connectivity index is 2.13. The highest BCUT2D eigenvalue weighted by Gasteiger charge is 2.08. The molecule has 2 nitrogen and oxygen atoms in total. The fourth-order valence-corrected chi connectivity index (χ4v) is 2.01. The lowest BCUT2D eigenvalue weighted by Crippen LogP contribution is -2.03. The van der Waals surface area contributed by atoms with Crippen LogP contribution in [0, 0.1) is 6.92 Å². The maximum atomic E-state index is 5.78. The molecule has 0 fully saturated rings. The third kappa shape index (κ3) is 2.89. The Hall–Kier alpha value is -1.83. The molecular formula is C16H19NO. The van der Waals surface area contributed by atoms with Crippen molar-refractivity contribution in [3.05, 3.63) is 59.4 Å². The maximum Gasteiger partial charge on any atom is 0.119 e. The second-order valence-corrected chi connectivity index (χ2v) is 4.74. The van der Waals surface area contributed by atoms with Crippen molar-refractivity contribution in [3.63, 3.8) is 0 Å². The van der Waals surface area contributed by atoms with E-state index in [9.17, 15) is 0 Å². The lowest BCUT2D eigenvalue weighted by atomic mass is 10.0. The van der Waals surface area contributed by atoms with E-state index in [1.165, 1.54) is 11.1 Å². The summed E-state index contributed by atoms with van der Waals surface area (Å²) in [4.78, 5) is 4.44. The zero-order chi connectivity index (χ0) is 13.0. The molecule has 1 aromatic carbocycles. The highest BCUT2D eigenvalue weighted by atomic mass is 16.5. The normalized spacial score (nSPS) is 10.7. The summed E-state index contributed by atoms with van der Waals surface area (Å²) in [7, 11) is 0. The van der Waals surface area contributed by atoms with Crippen LogP contribution in [0.5, 0.6) is 5.75 Å². The average molecular weight is 241 g/mol. The molecule has 0 radical (unpaired) electrons. The first-order valence-electron chi connectivity index (χ1n) is 6.30. The van der Waals surface area contributed by atoms with E-state index in [-0.39, 0.29) is 0 Å². The van der Waals surface area contributed by atoms with Gasteiger partial charge in [-0.05, 0) is 42.2 Å². The van der Waals surface area contributed by atoms with Crippen molar-refractivity contribution < 1.29 is 4.74 Å². The van der Waals surface area contributed by atoms with E-state index in [4.69, 9.17) is 4.74 Å². The molecule has 0 aliphatic carbocycles. The monoisotopic (exact) mass is 241 g/mol. The number of hydrogen-bond donors (Lipinski definition) is 0. The van der Waals surface area contributed by atoms with Gasteiger partial charge in [0.1, 0.15) is 12.4 Å². The minimum absolute atomic E-state index is 0.446. The topological polar surface area (TPSA) is 22.1 Å². The summed E-state index contributed by atoms with van der Waals surface area (Å²) in [5, 5.41) is 0. The molecule has 2 aromatic rings. The molecule has 1 aromatic heterocycles. The van der Waals surface area contributed by atoms with Gasteiger partial charge in [0.15, 0.2) is 0 Å². The van der Waals surface area contributed by atoms with Crippen LogP contribution in [0.1, 0.15) is 36.6 Å². The molecule has 1 heterocycles. The van der Waals surface area contributed by atoms with Gasteiger partial charge < -0.3 is 4.74 Å². The molecule has 0 aliphatic heterocycles. The number of para-hydroxylation sites is 1. The Labute approximate surface area is 109 Å². The predicted octanol–water partition coefficient (Wildman–Crippen LogP) is 4.09. The number of nitrogens with zero attached hydrogens (tertiary/aromatic N) is 1. The van der Waals surface area contributed by atoms with Crippen molar-refractivity contribution in [1.29, 1.82) is 0 Å². The van der Waals surface area contributed by atoms with E-state index < -0.39 is 0 Å². The minimum Gasteiger partial charge on any atom is -0.489 e. The molecule has 0 N–H and O–H groups in total. The van der Waals surface area contributed by atoms with Gasteiger partial charge in [-0.3, -0.25) is 4.98 Å². The molecule has 0 spiro atoms. The van der Waals surface area contributed by atoms with Crippen LogP contribution in [0.25, 0.3) is 0 Å². The molecule has 18 heavy (non-hydrogen) atoms. The smallest absolute Gasteiger partial charge is 0.119 e. The van der Waals surface area contributed by atoms with E-state index in [2.05, 4.69) is 25.8 Å².